The van der Waals surface area contributed by atoms with Crippen LogP contribution in [0.1, 0.15) is 13.8 Å². The molecule has 0 aromatic heterocycles. The van der Waals surface area contributed by atoms with Gasteiger partial charge in [-0.25, -0.2) is 0 Å². The number of hydrogen-bond acceptors (Lipinski definition) is 4. The Labute approximate surface area is 55.3 Å². The fourth-order valence-corrected chi connectivity index (χ4v) is 0.623. The second-order valence-electron chi connectivity index (χ2n) is 1.43. The summed E-state index contributed by atoms with van der Waals surface area (Å²) in [5, 5.41) is 0. The molecular formula is C4H11NO3S. The number of rotatable bonds is 4. The highest BCUT2D eigenvalue weighted by atomic mass is 32.2. The summed E-state index contributed by atoms with van der Waals surface area (Å²) in [4.78, 5) is 0. The third-order valence-corrected chi connectivity index (χ3v) is 1.76. The average Bonchev–Trinajstić information content (AvgIpc) is 1.84. The summed E-state index contributed by atoms with van der Waals surface area (Å²) in [5.41, 5.74) is 2.25. The van der Waals surface area contributed by atoms with Crippen LogP contribution in [0.4, 0.5) is 0 Å². The highest BCUT2D eigenvalue weighted by molar-refractivity contribution is 7.86. The van der Waals surface area contributed by atoms with Gasteiger partial charge in [-0.05, 0) is 6.92 Å². The minimum absolute atomic E-state index is 0. The second kappa shape index (κ2) is 3.81. The number of hydrogen-bond donors (Lipinski definition) is 1. The fraction of sp³-hybridized carbons (Fsp3) is 1.00. The van der Waals surface area contributed by atoms with Crippen LogP contribution >= 0.6 is 0 Å². The van der Waals surface area contributed by atoms with Gasteiger partial charge in [0.1, 0.15) is 0 Å². The van der Waals surface area contributed by atoms with Gasteiger partial charge < -0.3 is 0 Å². The molecule has 0 amide bonds. The maximum atomic E-state index is 10.5. The maximum Gasteiger partial charge on any atom is 0.282 e. The molecule has 4 nitrogen and oxygen atoms in total. The van der Waals surface area contributed by atoms with E-state index in [2.05, 4.69) is 9.76 Å². The van der Waals surface area contributed by atoms with Gasteiger partial charge in [-0.1, -0.05) is 6.92 Å². The minimum Gasteiger partial charge on any atom is -0.198 e. The van der Waals surface area contributed by atoms with Crippen molar-refractivity contribution in [1.82, 2.24) is 5.48 Å². The Kier molecular flexibility index (Phi) is 3.76. The van der Waals surface area contributed by atoms with Crippen LogP contribution in [0.2, 0.25) is 0 Å². The van der Waals surface area contributed by atoms with Crippen molar-refractivity contribution in [2.45, 2.75) is 13.8 Å². The SMILES string of the molecule is CCNOS(=O)(=O)CC. The number of hydroxylamine groups is 1. The summed E-state index contributed by atoms with van der Waals surface area (Å²) in [6.07, 6.45) is 0. The molecule has 9 heavy (non-hydrogen) atoms. The molecule has 0 aromatic rings. The minimum atomic E-state index is -3.29. The van der Waals surface area contributed by atoms with Crippen LogP contribution in [-0.4, -0.2) is 20.7 Å². The van der Waals surface area contributed by atoms with Gasteiger partial charge in [0.25, 0.3) is 10.1 Å². The molecule has 0 bridgehead atoms. The third kappa shape index (κ3) is 4.38. The molecule has 1 N–H and O–H groups in total. The van der Waals surface area contributed by atoms with Crippen molar-refractivity contribution in [2.75, 3.05) is 12.3 Å². The van der Waals surface area contributed by atoms with Crippen molar-refractivity contribution in [2.24, 2.45) is 0 Å². The molecule has 0 aliphatic rings. The molecule has 0 saturated carbocycles. The summed E-state index contributed by atoms with van der Waals surface area (Å²) in [5.74, 6) is 0. The molecule has 0 radical (unpaired) electrons. The zero-order valence-corrected chi connectivity index (χ0v) is 6.36. The second-order valence-corrected chi connectivity index (χ2v) is 3.29. The van der Waals surface area contributed by atoms with Gasteiger partial charge in [-0.3, -0.25) is 0 Å². The van der Waals surface area contributed by atoms with Crippen LogP contribution in [0.3, 0.4) is 0 Å². The average molecular weight is 153 g/mol. The summed E-state index contributed by atoms with van der Waals surface area (Å²) in [7, 11) is -3.29. The monoisotopic (exact) mass is 153 g/mol. The first-order valence-corrected chi connectivity index (χ1v) is 4.34. The topological polar surface area (TPSA) is 55.4 Å². The zero-order chi connectivity index (χ0) is 7.33. The van der Waals surface area contributed by atoms with Crippen molar-refractivity contribution in [3.63, 3.8) is 0 Å². The van der Waals surface area contributed by atoms with Gasteiger partial charge in [-0.15, -0.1) is 0 Å². The van der Waals surface area contributed by atoms with E-state index in [4.69, 9.17) is 0 Å². The van der Waals surface area contributed by atoms with Crippen LogP contribution in [0.15, 0.2) is 0 Å². The van der Waals surface area contributed by atoms with Crippen molar-refractivity contribution < 1.29 is 12.7 Å². The lowest BCUT2D eigenvalue weighted by Crippen LogP contribution is -2.20. The van der Waals surface area contributed by atoms with E-state index in [0.29, 0.717) is 6.54 Å². The molecule has 0 spiro atoms. The van der Waals surface area contributed by atoms with E-state index in [-0.39, 0.29) is 5.75 Å². The number of nitrogens with one attached hydrogen (secondary N) is 1. The van der Waals surface area contributed by atoms with Crippen molar-refractivity contribution in [3.8, 4) is 0 Å². The molecule has 0 unspecified atom stereocenters. The van der Waals surface area contributed by atoms with Gasteiger partial charge >= 0.3 is 0 Å². The fourth-order valence-electron chi connectivity index (χ4n) is 0.208. The van der Waals surface area contributed by atoms with Gasteiger partial charge in [0.2, 0.25) is 0 Å². The summed E-state index contributed by atoms with van der Waals surface area (Å²) < 4.78 is 25.2. The highest BCUT2D eigenvalue weighted by Crippen LogP contribution is 1.86. The van der Waals surface area contributed by atoms with E-state index in [9.17, 15) is 8.42 Å². The van der Waals surface area contributed by atoms with Crippen LogP contribution in [0.25, 0.3) is 0 Å². The zero-order valence-electron chi connectivity index (χ0n) is 5.55. The van der Waals surface area contributed by atoms with E-state index in [1.807, 2.05) is 0 Å². The first kappa shape index (κ1) is 8.87. The first-order valence-electron chi connectivity index (χ1n) is 2.76. The molecular weight excluding hydrogens is 142 g/mol. The Morgan fingerprint density at radius 3 is 2.33 bits per heavy atom. The standard InChI is InChI=1S/C4H11NO3S/c1-3-5-8-9(6,7)4-2/h5H,3-4H2,1-2H3. The molecule has 0 aliphatic heterocycles. The Balaban J connectivity index is 3.61. The van der Waals surface area contributed by atoms with Crippen LogP contribution in [-0.2, 0) is 14.4 Å². The van der Waals surface area contributed by atoms with Crippen LogP contribution in [0.5, 0.6) is 0 Å². The molecule has 0 rings (SSSR count). The Morgan fingerprint density at radius 2 is 2.00 bits per heavy atom. The predicted molar refractivity (Wildman–Crippen MR) is 34.2 cm³/mol. The van der Waals surface area contributed by atoms with Crippen molar-refractivity contribution >= 4 is 10.1 Å². The summed E-state index contributed by atoms with van der Waals surface area (Å²) in [6, 6.07) is 0. The summed E-state index contributed by atoms with van der Waals surface area (Å²) in [6.45, 7) is 3.76. The molecule has 0 aliphatic carbocycles. The lowest BCUT2D eigenvalue weighted by atomic mass is 10.8. The van der Waals surface area contributed by atoms with E-state index in [0.717, 1.165) is 0 Å². The van der Waals surface area contributed by atoms with E-state index < -0.39 is 10.1 Å². The normalized spacial score (nSPS) is 11.8. The van der Waals surface area contributed by atoms with Crippen LogP contribution in [0, 0.1) is 0 Å². The highest BCUT2D eigenvalue weighted by Gasteiger charge is 2.04. The lowest BCUT2D eigenvalue weighted by Gasteiger charge is -1.99. The largest absolute Gasteiger partial charge is 0.282 e. The van der Waals surface area contributed by atoms with E-state index in [1.54, 1.807) is 6.92 Å². The molecule has 0 atom stereocenters. The van der Waals surface area contributed by atoms with Crippen molar-refractivity contribution in [3.05, 3.63) is 0 Å². The molecule has 0 heterocycles. The molecule has 5 heteroatoms. The molecule has 56 valence electrons. The quantitative estimate of drug-likeness (QED) is 0.572. The van der Waals surface area contributed by atoms with Gasteiger partial charge in [0.05, 0.1) is 5.75 Å². The first-order chi connectivity index (χ1) is 4.12. The lowest BCUT2D eigenvalue weighted by molar-refractivity contribution is 0.211. The van der Waals surface area contributed by atoms with Crippen LogP contribution < -0.4 is 5.48 Å². The Bertz CT molecular complexity index is 151. The summed E-state index contributed by atoms with van der Waals surface area (Å²) >= 11 is 0. The smallest absolute Gasteiger partial charge is 0.198 e. The maximum absolute atomic E-state index is 10.5. The van der Waals surface area contributed by atoms with Gasteiger partial charge in [0, 0.05) is 6.54 Å². The van der Waals surface area contributed by atoms with E-state index >= 15 is 0 Å². The van der Waals surface area contributed by atoms with E-state index in [1.165, 1.54) is 6.92 Å². The molecule has 0 fully saturated rings. The van der Waals surface area contributed by atoms with Gasteiger partial charge in [0.15, 0.2) is 0 Å². The third-order valence-electron chi connectivity index (χ3n) is 0.684. The van der Waals surface area contributed by atoms with Crippen molar-refractivity contribution in [1.29, 1.82) is 0 Å². The Morgan fingerprint density at radius 1 is 1.44 bits per heavy atom. The van der Waals surface area contributed by atoms with Gasteiger partial charge in [-0.2, -0.15) is 18.2 Å². The predicted octanol–water partition coefficient (Wildman–Crippen LogP) is -0.123. The molecule has 0 aromatic carbocycles. The Hall–Kier alpha value is -0.130. The molecule has 0 saturated heterocycles.